The monoisotopic (exact) mass is 242 g/mol. The van der Waals surface area contributed by atoms with E-state index in [2.05, 4.69) is 34.1 Å². The van der Waals surface area contributed by atoms with E-state index in [-0.39, 0.29) is 5.82 Å². The average Bonchev–Trinajstić information content (AvgIpc) is 2.41. The molecule has 0 radical (unpaired) electrons. The summed E-state index contributed by atoms with van der Waals surface area (Å²) >= 11 is 0. The van der Waals surface area contributed by atoms with Gasteiger partial charge in [0.05, 0.1) is 6.20 Å². The van der Waals surface area contributed by atoms with E-state index in [1.165, 1.54) is 17.3 Å². The van der Waals surface area contributed by atoms with Crippen molar-refractivity contribution in [2.45, 2.75) is 19.5 Å². The predicted molar refractivity (Wildman–Crippen MR) is 68.5 cm³/mol. The molecule has 2 nitrogen and oxygen atoms in total. The van der Waals surface area contributed by atoms with Gasteiger partial charge >= 0.3 is 0 Å². The molecule has 1 aliphatic heterocycles. The maximum absolute atomic E-state index is 13.6. The van der Waals surface area contributed by atoms with Crippen molar-refractivity contribution in [3.8, 4) is 0 Å². The van der Waals surface area contributed by atoms with Gasteiger partial charge in [0.25, 0.3) is 0 Å². The standard InChI is InChI=1S/C15H15FN2/c16-15-9-17-7-5-14(15)11-18-8-6-12-3-1-2-4-13(12)10-18/h1-5,7,9H,6,8,10-11H2. The Balaban J connectivity index is 1.75. The summed E-state index contributed by atoms with van der Waals surface area (Å²) in [5, 5.41) is 0. The van der Waals surface area contributed by atoms with Crippen LogP contribution in [0.3, 0.4) is 0 Å². The zero-order valence-corrected chi connectivity index (χ0v) is 10.1. The molecule has 0 saturated heterocycles. The third kappa shape index (κ3) is 2.27. The summed E-state index contributed by atoms with van der Waals surface area (Å²) in [6.45, 7) is 2.54. The maximum Gasteiger partial charge on any atom is 0.145 e. The normalized spacial score (nSPS) is 15.4. The van der Waals surface area contributed by atoms with Crippen molar-refractivity contribution in [3.63, 3.8) is 0 Å². The Morgan fingerprint density at radius 1 is 1.17 bits per heavy atom. The summed E-state index contributed by atoms with van der Waals surface area (Å²) in [5.41, 5.74) is 3.51. The van der Waals surface area contributed by atoms with Crippen molar-refractivity contribution < 1.29 is 4.39 Å². The van der Waals surface area contributed by atoms with Gasteiger partial charge < -0.3 is 0 Å². The molecule has 0 fully saturated rings. The van der Waals surface area contributed by atoms with Crippen LogP contribution in [0.2, 0.25) is 0 Å². The molecular weight excluding hydrogens is 227 g/mol. The highest BCUT2D eigenvalue weighted by Crippen LogP contribution is 2.20. The van der Waals surface area contributed by atoms with Crippen LogP contribution < -0.4 is 0 Å². The number of benzene rings is 1. The predicted octanol–water partition coefficient (Wildman–Crippen LogP) is 2.78. The van der Waals surface area contributed by atoms with E-state index >= 15 is 0 Å². The topological polar surface area (TPSA) is 16.1 Å². The minimum atomic E-state index is -0.212. The lowest BCUT2D eigenvalue weighted by Gasteiger charge is -2.28. The van der Waals surface area contributed by atoms with Crippen LogP contribution >= 0.6 is 0 Å². The second-order valence-corrected chi connectivity index (χ2v) is 4.70. The van der Waals surface area contributed by atoms with Crippen LogP contribution in [0.5, 0.6) is 0 Å². The molecule has 3 heteroatoms. The first kappa shape index (κ1) is 11.4. The molecule has 1 aromatic heterocycles. The Labute approximate surface area is 106 Å². The van der Waals surface area contributed by atoms with Crippen molar-refractivity contribution in [1.82, 2.24) is 9.88 Å². The minimum absolute atomic E-state index is 0.212. The van der Waals surface area contributed by atoms with E-state index < -0.39 is 0 Å². The second kappa shape index (κ2) is 4.86. The van der Waals surface area contributed by atoms with Gasteiger partial charge in [-0.3, -0.25) is 9.88 Å². The highest BCUT2D eigenvalue weighted by Gasteiger charge is 2.16. The molecule has 0 unspecified atom stereocenters. The van der Waals surface area contributed by atoms with Crippen molar-refractivity contribution in [2.24, 2.45) is 0 Å². The van der Waals surface area contributed by atoms with Crippen molar-refractivity contribution in [1.29, 1.82) is 0 Å². The summed E-state index contributed by atoms with van der Waals surface area (Å²) in [6, 6.07) is 10.2. The number of aromatic nitrogens is 1. The van der Waals surface area contributed by atoms with Crippen LogP contribution in [-0.2, 0) is 19.5 Å². The first-order valence-electron chi connectivity index (χ1n) is 6.20. The van der Waals surface area contributed by atoms with Gasteiger partial charge in [0, 0.05) is 31.4 Å². The molecule has 0 spiro atoms. The van der Waals surface area contributed by atoms with Crippen LogP contribution in [0, 0.1) is 5.82 Å². The Kier molecular flexibility index (Phi) is 3.07. The Hall–Kier alpha value is -1.74. The second-order valence-electron chi connectivity index (χ2n) is 4.70. The van der Waals surface area contributed by atoms with E-state index in [0.29, 0.717) is 6.54 Å². The molecule has 2 heterocycles. The number of fused-ring (bicyclic) bond motifs is 1. The van der Waals surface area contributed by atoms with Crippen LogP contribution in [0.25, 0.3) is 0 Å². The Morgan fingerprint density at radius 2 is 2.00 bits per heavy atom. The van der Waals surface area contributed by atoms with E-state index in [1.807, 2.05) is 0 Å². The molecule has 0 amide bonds. The van der Waals surface area contributed by atoms with Crippen LogP contribution in [0.4, 0.5) is 4.39 Å². The van der Waals surface area contributed by atoms with Crippen LogP contribution in [0.15, 0.2) is 42.7 Å². The lowest BCUT2D eigenvalue weighted by Crippen LogP contribution is -2.30. The summed E-state index contributed by atoms with van der Waals surface area (Å²) in [5.74, 6) is -0.212. The summed E-state index contributed by atoms with van der Waals surface area (Å²) in [7, 11) is 0. The van der Waals surface area contributed by atoms with Crippen molar-refractivity contribution >= 4 is 0 Å². The number of hydrogen-bond acceptors (Lipinski definition) is 2. The van der Waals surface area contributed by atoms with Crippen LogP contribution in [-0.4, -0.2) is 16.4 Å². The van der Waals surface area contributed by atoms with Gasteiger partial charge in [0.2, 0.25) is 0 Å². The third-order valence-corrected chi connectivity index (χ3v) is 3.46. The summed E-state index contributed by atoms with van der Waals surface area (Å²) in [4.78, 5) is 6.06. The number of halogens is 1. The lowest BCUT2D eigenvalue weighted by molar-refractivity contribution is 0.242. The molecule has 0 bridgehead atoms. The molecule has 3 rings (SSSR count). The first-order chi connectivity index (χ1) is 8.83. The zero-order valence-electron chi connectivity index (χ0n) is 10.1. The van der Waals surface area contributed by atoms with E-state index in [1.54, 1.807) is 12.3 Å². The molecule has 1 aliphatic rings. The molecule has 0 aliphatic carbocycles. The molecule has 92 valence electrons. The number of rotatable bonds is 2. The first-order valence-corrected chi connectivity index (χ1v) is 6.20. The Morgan fingerprint density at radius 3 is 2.83 bits per heavy atom. The quantitative estimate of drug-likeness (QED) is 0.805. The largest absolute Gasteiger partial charge is 0.294 e. The smallest absolute Gasteiger partial charge is 0.145 e. The van der Waals surface area contributed by atoms with Crippen molar-refractivity contribution in [2.75, 3.05) is 6.54 Å². The summed E-state index contributed by atoms with van der Waals surface area (Å²) < 4.78 is 13.6. The molecule has 0 N–H and O–H groups in total. The Bertz CT molecular complexity index is 554. The van der Waals surface area contributed by atoms with Gasteiger partial charge in [-0.25, -0.2) is 4.39 Å². The van der Waals surface area contributed by atoms with E-state index in [9.17, 15) is 4.39 Å². The molecule has 18 heavy (non-hydrogen) atoms. The number of hydrogen-bond donors (Lipinski definition) is 0. The molecule has 2 aromatic rings. The summed E-state index contributed by atoms with van der Waals surface area (Å²) in [6.07, 6.45) is 3.98. The van der Waals surface area contributed by atoms with Gasteiger partial charge in [0.15, 0.2) is 0 Å². The molecule has 1 aromatic carbocycles. The lowest BCUT2D eigenvalue weighted by atomic mass is 9.99. The van der Waals surface area contributed by atoms with Gasteiger partial charge in [-0.05, 0) is 23.6 Å². The minimum Gasteiger partial charge on any atom is -0.294 e. The fraction of sp³-hybridized carbons (Fsp3) is 0.267. The number of nitrogens with zero attached hydrogens (tertiary/aromatic N) is 2. The van der Waals surface area contributed by atoms with Gasteiger partial charge in [-0.1, -0.05) is 24.3 Å². The molecule has 0 atom stereocenters. The van der Waals surface area contributed by atoms with E-state index in [4.69, 9.17) is 0 Å². The SMILES string of the molecule is Fc1cnccc1CN1CCc2ccccc2C1. The van der Waals surface area contributed by atoms with Crippen molar-refractivity contribution in [3.05, 3.63) is 65.2 Å². The fourth-order valence-electron chi connectivity index (χ4n) is 2.46. The van der Waals surface area contributed by atoms with Gasteiger partial charge in [-0.15, -0.1) is 0 Å². The zero-order chi connectivity index (χ0) is 12.4. The van der Waals surface area contributed by atoms with Crippen LogP contribution in [0.1, 0.15) is 16.7 Å². The average molecular weight is 242 g/mol. The third-order valence-electron chi connectivity index (χ3n) is 3.46. The highest BCUT2D eigenvalue weighted by molar-refractivity contribution is 5.29. The van der Waals surface area contributed by atoms with E-state index in [0.717, 1.165) is 25.1 Å². The number of pyridine rings is 1. The van der Waals surface area contributed by atoms with Gasteiger partial charge in [0.1, 0.15) is 5.82 Å². The van der Waals surface area contributed by atoms with Gasteiger partial charge in [-0.2, -0.15) is 0 Å². The molecule has 0 saturated carbocycles. The fourth-order valence-corrected chi connectivity index (χ4v) is 2.46. The highest BCUT2D eigenvalue weighted by atomic mass is 19.1. The molecular formula is C15H15FN2. The maximum atomic E-state index is 13.6.